The van der Waals surface area contributed by atoms with Crippen molar-refractivity contribution in [2.24, 2.45) is 11.7 Å². The Morgan fingerprint density at radius 1 is 1.18 bits per heavy atom. The van der Waals surface area contributed by atoms with E-state index in [4.69, 9.17) is 22.7 Å². The van der Waals surface area contributed by atoms with Gasteiger partial charge in [0.2, 0.25) is 0 Å². The maximum Gasteiger partial charge on any atom is 0.120 e. The largest absolute Gasteiger partial charge is 0.489 e. The predicted octanol–water partition coefficient (Wildman–Crippen LogP) is 4.43. The molecule has 0 spiro atoms. The van der Waals surface area contributed by atoms with E-state index in [1.165, 1.54) is 16.7 Å². The van der Waals surface area contributed by atoms with Crippen LogP contribution in [-0.2, 0) is 13.0 Å². The van der Waals surface area contributed by atoms with E-state index in [-0.39, 0.29) is 0 Å². The average Bonchev–Trinajstić information content (AvgIpc) is 2.48. The number of aryl methyl sites for hydroxylation is 1. The summed E-state index contributed by atoms with van der Waals surface area (Å²) in [6.45, 7) is 4.90. The first-order valence-corrected chi connectivity index (χ1v) is 8.00. The molecular weight excluding hydrogens is 290 g/mol. The quantitative estimate of drug-likeness (QED) is 0.768. The zero-order valence-electron chi connectivity index (χ0n) is 13.2. The molecule has 0 aromatic heterocycles. The van der Waals surface area contributed by atoms with Gasteiger partial charge < -0.3 is 10.5 Å². The summed E-state index contributed by atoms with van der Waals surface area (Å²) in [6.07, 6.45) is 1.78. The van der Waals surface area contributed by atoms with Gasteiger partial charge in [0.1, 0.15) is 12.4 Å². The third-order valence-electron chi connectivity index (χ3n) is 3.68. The van der Waals surface area contributed by atoms with Gasteiger partial charge in [-0.15, -0.1) is 0 Å². The topological polar surface area (TPSA) is 35.2 Å². The number of hydrogen-bond acceptors (Lipinski definition) is 2. The lowest BCUT2D eigenvalue weighted by Gasteiger charge is -2.14. The van der Waals surface area contributed by atoms with Crippen LogP contribution in [0.4, 0.5) is 0 Å². The molecule has 1 atom stereocenters. The van der Waals surface area contributed by atoms with E-state index in [0.717, 1.165) is 18.6 Å². The minimum atomic E-state index is 0.465. The van der Waals surface area contributed by atoms with Crippen LogP contribution in [0.3, 0.4) is 0 Å². The van der Waals surface area contributed by atoms with E-state index in [1.807, 2.05) is 24.3 Å². The van der Waals surface area contributed by atoms with Gasteiger partial charge in [0, 0.05) is 6.42 Å². The van der Waals surface area contributed by atoms with Gasteiger partial charge in [0.15, 0.2) is 0 Å². The number of benzene rings is 2. The molecule has 2 rings (SSSR count). The fourth-order valence-electron chi connectivity index (χ4n) is 2.52. The van der Waals surface area contributed by atoms with Gasteiger partial charge in [0.25, 0.3) is 0 Å². The highest BCUT2D eigenvalue weighted by Gasteiger charge is 2.08. The Balaban J connectivity index is 1.95. The van der Waals surface area contributed by atoms with E-state index >= 15 is 0 Å². The fraction of sp³-hybridized carbons (Fsp3) is 0.316. The lowest BCUT2D eigenvalue weighted by Crippen LogP contribution is -2.14. The van der Waals surface area contributed by atoms with Crippen molar-refractivity contribution in [2.75, 3.05) is 0 Å². The van der Waals surface area contributed by atoms with Crippen LogP contribution in [-0.4, -0.2) is 4.99 Å². The second-order valence-corrected chi connectivity index (χ2v) is 6.37. The first-order valence-electron chi connectivity index (χ1n) is 7.59. The molecule has 0 aliphatic rings. The van der Waals surface area contributed by atoms with Crippen LogP contribution in [0.15, 0.2) is 48.5 Å². The van der Waals surface area contributed by atoms with Crippen molar-refractivity contribution in [3.8, 4) is 5.75 Å². The second kappa shape index (κ2) is 7.95. The lowest BCUT2D eigenvalue weighted by atomic mass is 9.95. The Kier molecular flexibility index (Phi) is 5.96. The minimum absolute atomic E-state index is 0.465. The van der Waals surface area contributed by atoms with Gasteiger partial charge in [-0.25, -0.2) is 0 Å². The summed E-state index contributed by atoms with van der Waals surface area (Å²) < 4.78 is 5.86. The first kappa shape index (κ1) is 16.5. The van der Waals surface area contributed by atoms with Gasteiger partial charge in [0.05, 0.1) is 4.99 Å². The highest BCUT2D eigenvalue weighted by atomic mass is 32.1. The van der Waals surface area contributed by atoms with Gasteiger partial charge in [-0.1, -0.05) is 55.5 Å². The first-order chi connectivity index (χ1) is 10.5. The van der Waals surface area contributed by atoms with Crippen molar-refractivity contribution in [1.29, 1.82) is 0 Å². The number of thiocarbonyl (C=S) groups is 1. The predicted molar refractivity (Wildman–Crippen MR) is 96.2 cm³/mol. The third-order valence-corrected chi connectivity index (χ3v) is 3.85. The third kappa shape index (κ3) is 5.15. The van der Waals surface area contributed by atoms with Gasteiger partial charge in [-0.05, 0) is 48.1 Å². The summed E-state index contributed by atoms with van der Waals surface area (Å²) in [7, 11) is 0. The van der Waals surface area contributed by atoms with Crippen molar-refractivity contribution in [1.82, 2.24) is 0 Å². The molecule has 0 saturated carbocycles. The second-order valence-electron chi connectivity index (χ2n) is 5.84. The molecule has 1 unspecified atom stereocenters. The Morgan fingerprint density at radius 3 is 2.55 bits per heavy atom. The van der Waals surface area contributed by atoms with Crippen LogP contribution < -0.4 is 10.5 Å². The highest BCUT2D eigenvalue weighted by Crippen LogP contribution is 2.21. The minimum Gasteiger partial charge on any atom is -0.489 e. The van der Waals surface area contributed by atoms with Crippen molar-refractivity contribution >= 4 is 17.2 Å². The Bertz CT molecular complexity index is 625. The maximum atomic E-state index is 5.86. The molecule has 0 radical (unpaired) electrons. The van der Waals surface area contributed by atoms with Crippen molar-refractivity contribution in [3.05, 3.63) is 65.2 Å². The van der Waals surface area contributed by atoms with Crippen LogP contribution in [0.1, 0.15) is 30.0 Å². The number of hydrogen-bond donors (Lipinski definition) is 1. The van der Waals surface area contributed by atoms with E-state index < -0.39 is 0 Å². The Labute approximate surface area is 138 Å². The fourth-order valence-corrected chi connectivity index (χ4v) is 2.80. The molecule has 0 bridgehead atoms. The molecule has 0 fully saturated rings. The maximum absolute atomic E-state index is 5.86. The Hall–Kier alpha value is -1.87. The zero-order chi connectivity index (χ0) is 15.9. The summed E-state index contributed by atoms with van der Waals surface area (Å²) in [5, 5.41) is 0. The molecule has 22 heavy (non-hydrogen) atoms. The van der Waals surface area contributed by atoms with Crippen LogP contribution in [0.2, 0.25) is 0 Å². The molecule has 0 amide bonds. The van der Waals surface area contributed by atoms with Crippen LogP contribution in [0, 0.1) is 12.8 Å². The number of ether oxygens (including phenoxy) is 1. The number of rotatable bonds is 7. The zero-order valence-corrected chi connectivity index (χ0v) is 14.0. The molecule has 2 aromatic carbocycles. The molecule has 2 N–H and O–H groups in total. The Morgan fingerprint density at radius 2 is 1.91 bits per heavy atom. The summed E-state index contributed by atoms with van der Waals surface area (Å²) in [5.41, 5.74) is 9.37. The van der Waals surface area contributed by atoms with Crippen molar-refractivity contribution in [2.45, 2.75) is 33.3 Å². The van der Waals surface area contributed by atoms with Crippen molar-refractivity contribution in [3.63, 3.8) is 0 Å². The number of nitrogens with two attached hydrogens (primary N) is 1. The SMILES string of the molecule is Cc1cc(OCc2ccccc2)ccc1CC(C)CC(N)=S. The van der Waals surface area contributed by atoms with Crippen LogP contribution in [0.5, 0.6) is 5.75 Å². The van der Waals surface area contributed by atoms with Gasteiger partial charge in [-0.2, -0.15) is 0 Å². The molecule has 0 saturated heterocycles. The van der Waals surface area contributed by atoms with Crippen LogP contribution in [0.25, 0.3) is 0 Å². The molecule has 116 valence electrons. The van der Waals surface area contributed by atoms with E-state index in [9.17, 15) is 0 Å². The highest BCUT2D eigenvalue weighted by molar-refractivity contribution is 7.80. The summed E-state index contributed by atoms with van der Waals surface area (Å²) in [5.74, 6) is 1.37. The molecule has 2 aromatic rings. The normalized spacial score (nSPS) is 11.9. The molecule has 0 aliphatic carbocycles. The van der Waals surface area contributed by atoms with Gasteiger partial charge in [-0.3, -0.25) is 0 Å². The lowest BCUT2D eigenvalue weighted by molar-refractivity contribution is 0.306. The summed E-state index contributed by atoms with van der Waals surface area (Å²) in [4.78, 5) is 0.591. The standard InChI is InChI=1S/C19H23NOS/c1-14(11-19(20)22)10-17-8-9-18(12-15(17)2)21-13-16-6-4-3-5-7-16/h3-9,12,14H,10-11,13H2,1-2H3,(H2,20,22). The summed E-state index contributed by atoms with van der Waals surface area (Å²) in [6, 6.07) is 16.5. The molecule has 0 heterocycles. The summed E-state index contributed by atoms with van der Waals surface area (Å²) >= 11 is 4.98. The average molecular weight is 313 g/mol. The van der Waals surface area contributed by atoms with Crippen molar-refractivity contribution < 1.29 is 4.74 Å². The monoisotopic (exact) mass is 313 g/mol. The molecule has 3 heteroatoms. The molecule has 0 aliphatic heterocycles. The molecular formula is C19H23NOS. The van der Waals surface area contributed by atoms with E-state index in [0.29, 0.717) is 17.5 Å². The van der Waals surface area contributed by atoms with Crippen LogP contribution >= 0.6 is 12.2 Å². The van der Waals surface area contributed by atoms with E-state index in [1.54, 1.807) is 0 Å². The van der Waals surface area contributed by atoms with Gasteiger partial charge >= 0.3 is 0 Å². The molecule has 2 nitrogen and oxygen atoms in total. The smallest absolute Gasteiger partial charge is 0.120 e. The van der Waals surface area contributed by atoms with E-state index in [2.05, 4.69) is 38.1 Å².